The normalized spacial score (nSPS) is 10.0. The van der Waals surface area contributed by atoms with Gasteiger partial charge >= 0.3 is 0 Å². The molecule has 0 atom stereocenters. The smallest absolute Gasteiger partial charge is 0.222 e. The summed E-state index contributed by atoms with van der Waals surface area (Å²) in [7, 11) is 0. The predicted molar refractivity (Wildman–Crippen MR) is 56.5 cm³/mol. The molecule has 0 bridgehead atoms. The van der Waals surface area contributed by atoms with E-state index in [2.05, 4.69) is 31.2 Å². The van der Waals surface area contributed by atoms with Gasteiger partial charge in [-0.05, 0) is 35.3 Å². The van der Waals surface area contributed by atoms with Crippen molar-refractivity contribution in [3.63, 3.8) is 0 Å². The number of rotatable bonds is 5. The van der Waals surface area contributed by atoms with Crippen molar-refractivity contribution >= 4 is 21.9 Å². The summed E-state index contributed by atoms with van der Waals surface area (Å²) in [6, 6.07) is 0. The van der Waals surface area contributed by atoms with Crippen LogP contribution in [0.2, 0.25) is 0 Å². The van der Waals surface area contributed by atoms with Crippen LogP contribution in [0.15, 0.2) is 16.9 Å². The average molecular weight is 245 g/mol. The third-order valence-corrected chi connectivity index (χ3v) is 1.94. The maximum atomic E-state index is 5.36. The summed E-state index contributed by atoms with van der Waals surface area (Å²) in [5, 5.41) is 3.11. The Morgan fingerprint density at radius 2 is 2.00 bits per heavy atom. The van der Waals surface area contributed by atoms with Crippen LogP contribution in [0, 0.1) is 0 Å². The van der Waals surface area contributed by atoms with E-state index in [9.17, 15) is 0 Å². The Morgan fingerprint density at radius 1 is 1.31 bits per heavy atom. The van der Waals surface area contributed by atoms with Crippen molar-refractivity contribution in [1.82, 2.24) is 9.97 Å². The summed E-state index contributed by atoms with van der Waals surface area (Å²) in [5.74, 6) is 0.667. The largest absolute Gasteiger partial charge is 0.354 e. The second kappa shape index (κ2) is 5.88. The van der Waals surface area contributed by atoms with Gasteiger partial charge in [-0.25, -0.2) is 9.97 Å². The standard InChI is InChI=1S/C8H13BrN4/c9-7-5-12-8(13-6-7)11-4-2-1-3-10/h5-6H,1-4,10H2,(H,11,12,13). The molecule has 0 aliphatic rings. The molecular formula is C8H13BrN4. The molecule has 0 aromatic carbocycles. The number of nitrogens with zero attached hydrogens (tertiary/aromatic N) is 2. The van der Waals surface area contributed by atoms with Gasteiger partial charge in [0.2, 0.25) is 5.95 Å². The Labute approximate surface area is 86.1 Å². The van der Waals surface area contributed by atoms with E-state index in [1.807, 2.05) is 0 Å². The van der Waals surface area contributed by atoms with Gasteiger partial charge in [0.15, 0.2) is 0 Å². The lowest BCUT2D eigenvalue weighted by Crippen LogP contribution is -2.07. The van der Waals surface area contributed by atoms with Gasteiger partial charge in [0.05, 0.1) is 4.47 Å². The summed E-state index contributed by atoms with van der Waals surface area (Å²) in [5.41, 5.74) is 5.36. The number of unbranched alkanes of at least 4 members (excludes halogenated alkanes) is 1. The quantitative estimate of drug-likeness (QED) is 0.769. The van der Waals surface area contributed by atoms with Crippen LogP contribution in [0.1, 0.15) is 12.8 Å². The molecule has 1 aromatic heterocycles. The van der Waals surface area contributed by atoms with Crippen molar-refractivity contribution in [3.05, 3.63) is 16.9 Å². The van der Waals surface area contributed by atoms with Gasteiger partial charge in [-0.15, -0.1) is 0 Å². The minimum atomic E-state index is 0.667. The Balaban J connectivity index is 2.25. The molecule has 0 saturated carbocycles. The zero-order valence-corrected chi connectivity index (χ0v) is 8.92. The number of hydrogen-bond acceptors (Lipinski definition) is 4. The van der Waals surface area contributed by atoms with Crippen molar-refractivity contribution in [1.29, 1.82) is 0 Å². The first-order valence-electron chi connectivity index (χ1n) is 4.24. The Bertz CT molecular complexity index is 236. The summed E-state index contributed by atoms with van der Waals surface area (Å²) in [4.78, 5) is 8.15. The van der Waals surface area contributed by atoms with Crippen LogP contribution in [0.5, 0.6) is 0 Å². The lowest BCUT2D eigenvalue weighted by molar-refractivity contribution is 0.769. The molecule has 13 heavy (non-hydrogen) atoms. The van der Waals surface area contributed by atoms with E-state index in [0.29, 0.717) is 5.95 Å². The first kappa shape index (κ1) is 10.4. The maximum Gasteiger partial charge on any atom is 0.222 e. The summed E-state index contributed by atoms with van der Waals surface area (Å²) in [6.07, 6.45) is 5.52. The van der Waals surface area contributed by atoms with Crippen molar-refractivity contribution in [2.45, 2.75) is 12.8 Å². The van der Waals surface area contributed by atoms with E-state index in [-0.39, 0.29) is 0 Å². The van der Waals surface area contributed by atoms with Gasteiger partial charge in [-0.2, -0.15) is 0 Å². The van der Waals surface area contributed by atoms with Crippen LogP contribution < -0.4 is 11.1 Å². The highest BCUT2D eigenvalue weighted by atomic mass is 79.9. The second-order valence-corrected chi connectivity index (χ2v) is 3.56. The van der Waals surface area contributed by atoms with E-state index >= 15 is 0 Å². The number of nitrogens with one attached hydrogen (secondary N) is 1. The number of hydrogen-bond donors (Lipinski definition) is 2. The highest BCUT2D eigenvalue weighted by molar-refractivity contribution is 9.10. The molecule has 0 saturated heterocycles. The van der Waals surface area contributed by atoms with Crippen molar-refractivity contribution in [2.75, 3.05) is 18.4 Å². The Morgan fingerprint density at radius 3 is 2.62 bits per heavy atom. The number of halogens is 1. The lowest BCUT2D eigenvalue weighted by atomic mass is 10.3. The highest BCUT2D eigenvalue weighted by Crippen LogP contribution is 2.06. The predicted octanol–water partition coefficient (Wildman–Crippen LogP) is 1.39. The van der Waals surface area contributed by atoms with E-state index < -0.39 is 0 Å². The Hall–Kier alpha value is -0.680. The summed E-state index contributed by atoms with van der Waals surface area (Å²) < 4.78 is 0.889. The molecule has 0 fully saturated rings. The minimum absolute atomic E-state index is 0.667. The van der Waals surface area contributed by atoms with Gasteiger partial charge in [0.25, 0.3) is 0 Å². The molecule has 1 rings (SSSR count). The van der Waals surface area contributed by atoms with Crippen LogP contribution in [-0.2, 0) is 0 Å². The lowest BCUT2D eigenvalue weighted by Gasteiger charge is -2.02. The van der Waals surface area contributed by atoms with Crippen LogP contribution >= 0.6 is 15.9 Å². The van der Waals surface area contributed by atoms with Crippen LogP contribution in [0.25, 0.3) is 0 Å². The second-order valence-electron chi connectivity index (χ2n) is 2.65. The molecule has 0 unspecified atom stereocenters. The molecule has 5 heteroatoms. The first-order chi connectivity index (χ1) is 6.33. The van der Waals surface area contributed by atoms with E-state index in [1.165, 1.54) is 0 Å². The van der Waals surface area contributed by atoms with Crippen LogP contribution in [-0.4, -0.2) is 23.1 Å². The van der Waals surface area contributed by atoms with Gasteiger partial charge in [-0.1, -0.05) is 0 Å². The molecule has 1 aromatic rings. The van der Waals surface area contributed by atoms with Crippen LogP contribution in [0.4, 0.5) is 5.95 Å². The molecule has 0 radical (unpaired) electrons. The van der Waals surface area contributed by atoms with Gasteiger partial charge in [0, 0.05) is 18.9 Å². The highest BCUT2D eigenvalue weighted by Gasteiger charge is 1.93. The number of aromatic nitrogens is 2. The third kappa shape index (κ3) is 4.19. The van der Waals surface area contributed by atoms with Gasteiger partial charge in [0.1, 0.15) is 0 Å². The fourth-order valence-electron chi connectivity index (χ4n) is 0.873. The number of nitrogens with two attached hydrogens (primary N) is 1. The maximum absolute atomic E-state index is 5.36. The van der Waals surface area contributed by atoms with Crippen molar-refractivity contribution in [2.24, 2.45) is 5.73 Å². The van der Waals surface area contributed by atoms with E-state index in [1.54, 1.807) is 12.4 Å². The zero-order chi connectivity index (χ0) is 9.52. The summed E-state index contributed by atoms with van der Waals surface area (Å²) in [6.45, 7) is 1.61. The van der Waals surface area contributed by atoms with Gasteiger partial charge < -0.3 is 11.1 Å². The van der Waals surface area contributed by atoms with Crippen molar-refractivity contribution in [3.8, 4) is 0 Å². The summed E-state index contributed by atoms with van der Waals surface area (Å²) >= 11 is 3.27. The zero-order valence-electron chi connectivity index (χ0n) is 7.33. The van der Waals surface area contributed by atoms with E-state index in [0.717, 1.165) is 30.4 Å². The van der Waals surface area contributed by atoms with E-state index in [4.69, 9.17) is 5.73 Å². The molecule has 3 N–H and O–H groups in total. The van der Waals surface area contributed by atoms with Crippen LogP contribution in [0.3, 0.4) is 0 Å². The molecule has 1 heterocycles. The van der Waals surface area contributed by atoms with Gasteiger partial charge in [-0.3, -0.25) is 0 Å². The molecule has 72 valence electrons. The fourth-order valence-corrected chi connectivity index (χ4v) is 1.08. The molecule has 0 spiro atoms. The number of anilines is 1. The van der Waals surface area contributed by atoms with Crippen molar-refractivity contribution < 1.29 is 0 Å². The molecular weight excluding hydrogens is 232 g/mol. The molecule has 4 nitrogen and oxygen atoms in total. The topological polar surface area (TPSA) is 63.8 Å². The SMILES string of the molecule is NCCCCNc1ncc(Br)cn1. The molecule has 0 aliphatic carbocycles. The minimum Gasteiger partial charge on any atom is -0.354 e. The Kier molecular flexibility index (Phi) is 4.70. The monoisotopic (exact) mass is 244 g/mol. The molecule has 0 amide bonds. The average Bonchev–Trinajstić information content (AvgIpc) is 2.15. The third-order valence-electron chi connectivity index (χ3n) is 1.53. The first-order valence-corrected chi connectivity index (χ1v) is 5.03. The molecule has 0 aliphatic heterocycles. The fraction of sp³-hybridized carbons (Fsp3) is 0.500.